The minimum atomic E-state index is -0.195. The van der Waals surface area contributed by atoms with Crippen molar-refractivity contribution in [3.05, 3.63) is 34.3 Å². The van der Waals surface area contributed by atoms with E-state index < -0.39 is 0 Å². The van der Waals surface area contributed by atoms with Gasteiger partial charge < -0.3 is 10.2 Å². The summed E-state index contributed by atoms with van der Waals surface area (Å²) in [5, 5.41) is 17.8. The fourth-order valence-electron chi connectivity index (χ4n) is 0.901. The van der Waals surface area contributed by atoms with E-state index in [-0.39, 0.29) is 13.2 Å². The van der Waals surface area contributed by atoms with E-state index in [0.29, 0.717) is 10.6 Å². The van der Waals surface area contributed by atoms with E-state index in [1.54, 1.807) is 18.2 Å². The van der Waals surface area contributed by atoms with Crippen molar-refractivity contribution in [1.82, 2.24) is 0 Å². The van der Waals surface area contributed by atoms with Crippen molar-refractivity contribution in [1.29, 1.82) is 0 Å². The topological polar surface area (TPSA) is 40.5 Å². The molecule has 0 saturated carbocycles. The van der Waals surface area contributed by atoms with Crippen LogP contribution in [0.5, 0.6) is 0 Å². The Labute approximate surface area is 81.8 Å². The van der Waals surface area contributed by atoms with Crippen LogP contribution < -0.4 is 0 Å². The first-order valence-corrected chi connectivity index (χ1v) is 4.14. The molecule has 0 radical (unpaired) electrons. The monoisotopic (exact) mass is 196 g/mol. The van der Waals surface area contributed by atoms with Gasteiger partial charge in [0, 0.05) is 5.56 Å². The van der Waals surface area contributed by atoms with E-state index in [9.17, 15) is 0 Å². The van der Waals surface area contributed by atoms with Crippen molar-refractivity contribution < 1.29 is 10.2 Å². The van der Waals surface area contributed by atoms with Crippen molar-refractivity contribution in [3.63, 3.8) is 0 Å². The molecule has 0 aromatic heterocycles. The van der Waals surface area contributed by atoms with Crippen molar-refractivity contribution in [2.75, 3.05) is 6.61 Å². The SMILES string of the molecule is OCC#Cc1cc(CO)ccc1Cl. The van der Waals surface area contributed by atoms with Gasteiger partial charge in [-0.05, 0) is 17.7 Å². The Balaban J connectivity index is 3.04. The highest BCUT2D eigenvalue weighted by Gasteiger charge is 1.97. The van der Waals surface area contributed by atoms with Crippen molar-refractivity contribution in [2.45, 2.75) is 6.61 Å². The maximum atomic E-state index is 8.84. The number of hydrogen-bond donors (Lipinski definition) is 2. The van der Waals surface area contributed by atoms with E-state index in [1.165, 1.54) is 0 Å². The summed E-state index contributed by atoms with van der Waals surface area (Å²) in [6.45, 7) is -0.231. The second kappa shape index (κ2) is 4.88. The quantitative estimate of drug-likeness (QED) is 0.663. The number of rotatable bonds is 1. The highest BCUT2D eigenvalue weighted by atomic mass is 35.5. The Bertz CT molecular complexity index is 350. The van der Waals surface area contributed by atoms with Gasteiger partial charge in [0.25, 0.3) is 0 Å². The summed E-state index contributed by atoms with van der Waals surface area (Å²) >= 11 is 5.82. The Kier molecular flexibility index (Phi) is 3.78. The van der Waals surface area contributed by atoms with Gasteiger partial charge in [0.15, 0.2) is 0 Å². The van der Waals surface area contributed by atoms with Crippen molar-refractivity contribution in [2.24, 2.45) is 0 Å². The normalized spacial score (nSPS) is 9.15. The van der Waals surface area contributed by atoms with Crippen LogP contribution in [0.4, 0.5) is 0 Å². The maximum absolute atomic E-state index is 8.84. The lowest BCUT2D eigenvalue weighted by Crippen LogP contribution is -1.86. The number of halogens is 1. The van der Waals surface area contributed by atoms with Gasteiger partial charge in [-0.2, -0.15) is 0 Å². The lowest BCUT2D eigenvalue weighted by atomic mass is 10.1. The van der Waals surface area contributed by atoms with Gasteiger partial charge in [-0.15, -0.1) is 0 Å². The molecule has 0 spiro atoms. The first-order chi connectivity index (χ1) is 6.27. The molecule has 0 unspecified atom stereocenters. The van der Waals surface area contributed by atoms with Gasteiger partial charge in [0.1, 0.15) is 6.61 Å². The molecule has 0 heterocycles. The standard InChI is InChI=1S/C10H9ClO2/c11-10-4-3-8(7-13)6-9(10)2-1-5-12/h3-4,6,12-13H,5,7H2. The van der Waals surface area contributed by atoms with Gasteiger partial charge in [-0.3, -0.25) is 0 Å². The molecule has 13 heavy (non-hydrogen) atoms. The van der Waals surface area contributed by atoms with Crippen LogP contribution in [0, 0.1) is 11.8 Å². The summed E-state index contributed by atoms with van der Waals surface area (Å²) in [7, 11) is 0. The fourth-order valence-corrected chi connectivity index (χ4v) is 1.07. The molecule has 0 bridgehead atoms. The zero-order valence-electron chi connectivity index (χ0n) is 6.92. The third kappa shape index (κ3) is 2.74. The second-order valence-corrected chi connectivity index (χ2v) is 2.84. The summed E-state index contributed by atoms with van der Waals surface area (Å²) in [6, 6.07) is 5.10. The highest BCUT2D eigenvalue weighted by Crippen LogP contribution is 2.16. The average molecular weight is 197 g/mol. The van der Waals surface area contributed by atoms with Gasteiger partial charge in [0.2, 0.25) is 0 Å². The van der Waals surface area contributed by atoms with Gasteiger partial charge in [-0.25, -0.2) is 0 Å². The smallest absolute Gasteiger partial charge is 0.104 e. The Morgan fingerprint density at radius 2 is 2.08 bits per heavy atom. The molecular formula is C10H9ClO2. The molecule has 0 saturated heterocycles. The molecule has 68 valence electrons. The molecule has 0 aliphatic heterocycles. The lowest BCUT2D eigenvalue weighted by Gasteiger charge is -1.98. The minimum Gasteiger partial charge on any atom is -0.392 e. The van der Waals surface area contributed by atoms with Gasteiger partial charge >= 0.3 is 0 Å². The zero-order valence-corrected chi connectivity index (χ0v) is 7.67. The highest BCUT2D eigenvalue weighted by molar-refractivity contribution is 6.31. The predicted molar refractivity (Wildman–Crippen MR) is 51.3 cm³/mol. The zero-order chi connectivity index (χ0) is 9.68. The second-order valence-electron chi connectivity index (χ2n) is 2.43. The lowest BCUT2D eigenvalue weighted by molar-refractivity contribution is 0.282. The van der Waals surface area contributed by atoms with E-state index in [0.717, 1.165) is 5.56 Å². The van der Waals surface area contributed by atoms with Gasteiger partial charge in [-0.1, -0.05) is 29.5 Å². The van der Waals surface area contributed by atoms with Crippen molar-refractivity contribution in [3.8, 4) is 11.8 Å². The third-order valence-corrected chi connectivity index (χ3v) is 1.85. The minimum absolute atomic E-state index is 0.0367. The molecule has 0 fully saturated rings. The van der Waals surface area contributed by atoms with Crippen LogP contribution in [-0.4, -0.2) is 16.8 Å². The predicted octanol–water partition coefficient (Wildman–Crippen LogP) is 1.18. The van der Waals surface area contributed by atoms with E-state index in [2.05, 4.69) is 11.8 Å². The maximum Gasteiger partial charge on any atom is 0.104 e. The average Bonchev–Trinajstić information content (AvgIpc) is 2.17. The molecule has 1 aromatic rings. The molecule has 0 aliphatic carbocycles. The van der Waals surface area contributed by atoms with Crippen LogP contribution in [-0.2, 0) is 6.61 Å². The molecule has 2 nitrogen and oxygen atoms in total. The first-order valence-electron chi connectivity index (χ1n) is 3.77. The Morgan fingerprint density at radius 3 is 2.69 bits per heavy atom. The summed E-state index contributed by atoms with van der Waals surface area (Å²) in [5.41, 5.74) is 1.38. The number of aliphatic hydroxyl groups is 2. The van der Waals surface area contributed by atoms with Crippen LogP contribution in [0.2, 0.25) is 5.02 Å². The molecule has 1 rings (SSSR count). The molecule has 0 atom stereocenters. The first kappa shape index (κ1) is 10.1. The van der Waals surface area contributed by atoms with Crippen LogP contribution in [0.1, 0.15) is 11.1 Å². The van der Waals surface area contributed by atoms with E-state index in [1.807, 2.05) is 0 Å². The largest absolute Gasteiger partial charge is 0.392 e. The van der Waals surface area contributed by atoms with E-state index in [4.69, 9.17) is 21.8 Å². The molecule has 1 aromatic carbocycles. The van der Waals surface area contributed by atoms with Crippen LogP contribution in [0.25, 0.3) is 0 Å². The van der Waals surface area contributed by atoms with Gasteiger partial charge in [0.05, 0.1) is 11.6 Å². The summed E-state index contributed by atoms with van der Waals surface area (Å²) < 4.78 is 0. The van der Waals surface area contributed by atoms with Crippen LogP contribution >= 0.6 is 11.6 Å². The molecular weight excluding hydrogens is 188 g/mol. The third-order valence-electron chi connectivity index (χ3n) is 1.52. The molecule has 3 heteroatoms. The van der Waals surface area contributed by atoms with Crippen LogP contribution in [0.3, 0.4) is 0 Å². The van der Waals surface area contributed by atoms with E-state index >= 15 is 0 Å². The van der Waals surface area contributed by atoms with Crippen molar-refractivity contribution >= 4 is 11.6 Å². The van der Waals surface area contributed by atoms with Crippen LogP contribution in [0.15, 0.2) is 18.2 Å². The molecule has 0 aliphatic rings. The fraction of sp³-hybridized carbons (Fsp3) is 0.200. The summed E-state index contributed by atoms with van der Waals surface area (Å²) in [4.78, 5) is 0. The number of aliphatic hydroxyl groups excluding tert-OH is 2. The number of benzene rings is 1. The molecule has 2 N–H and O–H groups in total. The molecule has 0 amide bonds. The summed E-state index contributed by atoms with van der Waals surface area (Å²) in [6.07, 6.45) is 0. The number of hydrogen-bond acceptors (Lipinski definition) is 2. The Hall–Kier alpha value is -1.01. The summed E-state index contributed by atoms with van der Waals surface area (Å²) in [5.74, 6) is 5.19. The Morgan fingerprint density at radius 1 is 1.31 bits per heavy atom.